The molecule has 0 spiro atoms. The minimum atomic E-state index is -0.100. The fourth-order valence-corrected chi connectivity index (χ4v) is 2.29. The second-order valence-electron chi connectivity index (χ2n) is 4.07. The maximum atomic E-state index is 12.0. The van der Waals surface area contributed by atoms with Crippen LogP contribution in [0.1, 0.15) is 23.3 Å². The number of aromatic nitrogens is 2. The van der Waals surface area contributed by atoms with E-state index in [0.29, 0.717) is 12.2 Å². The number of para-hydroxylation sites is 1. The molecule has 0 bridgehead atoms. The monoisotopic (exact) mass is 263 g/mol. The molecular weight excluding hydrogens is 246 g/mol. The van der Waals surface area contributed by atoms with Crippen LogP contribution in [0.25, 0.3) is 10.9 Å². The second-order valence-corrected chi connectivity index (χ2v) is 5.06. The first kappa shape index (κ1) is 13.0. The maximum Gasteiger partial charge on any atom is 0.272 e. The van der Waals surface area contributed by atoms with Crippen LogP contribution in [0.15, 0.2) is 24.3 Å². The number of thioether (sulfide) groups is 1. The lowest BCUT2D eigenvalue weighted by Crippen LogP contribution is -2.25. The Morgan fingerprint density at radius 3 is 3.06 bits per heavy atom. The van der Waals surface area contributed by atoms with Crippen molar-refractivity contribution >= 4 is 28.6 Å². The molecule has 2 aromatic rings. The van der Waals surface area contributed by atoms with Gasteiger partial charge in [0.1, 0.15) is 0 Å². The second kappa shape index (κ2) is 6.44. The third kappa shape index (κ3) is 3.04. The first-order valence-electron chi connectivity index (χ1n) is 6.03. The number of carbonyl (C=O) groups excluding carboxylic acids is 1. The van der Waals surface area contributed by atoms with Gasteiger partial charge in [0, 0.05) is 11.9 Å². The summed E-state index contributed by atoms with van der Waals surface area (Å²) in [4.78, 5) is 12.0. The number of unbranched alkanes of at least 4 members (excludes halogenated alkanes) is 1. The summed E-state index contributed by atoms with van der Waals surface area (Å²) in [6.45, 7) is 0.709. The highest BCUT2D eigenvalue weighted by atomic mass is 32.2. The van der Waals surface area contributed by atoms with Gasteiger partial charge in [-0.3, -0.25) is 9.89 Å². The zero-order chi connectivity index (χ0) is 12.8. The van der Waals surface area contributed by atoms with Gasteiger partial charge < -0.3 is 5.32 Å². The number of nitrogens with zero attached hydrogens (tertiary/aromatic N) is 1. The normalized spacial score (nSPS) is 10.7. The lowest BCUT2D eigenvalue weighted by Gasteiger charge is -2.02. The number of H-pyrrole nitrogens is 1. The number of fused-ring (bicyclic) bond motifs is 1. The Morgan fingerprint density at radius 1 is 1.39 bits per heavy atom. The zero-order valence-corrected chi connectivity index (χ0v) is 11.2. The molecule has 0 aliphatic rings. The van der Waals surface area contributed by atoms with Crippen molar-refractivity contribution < 1.29 is 4.79 Å². The van der Waals surface area contributed by atoms with E-state index in [1.807, 2.05) is 36.0 Å². The summed E-state index contributed by atoms with van der Waals surface area (Å²) in [5.41, 5.74) is 1.38. The number of benzene rings is 1. The highest BCUT2D eigenvalue weighted by Crippen LogP contribution is 2.14. The summed E-state index contributed by atoms with van der Waals surface area (Å²) < 4.78 is 0. The van der Waals surface area contributed by atoms with Gasteiger partial charge in [-0.25, -0.2) is 0 Å². The first-order chi connectivity index (χ1) is 8.83. The van der Waals surface area contributed by atoms with Crippen LogP contribution in [-0.2, 0) is 0 Å². The Morgan fingerprint density at radius 2 is 2.22 bits per heavy atom. The summed E-state index contributed by atoms with van der Waals surface area (Å²) in [6.07, 6.45) is 4.23. The van der Waals surface area contributed by atoms with Crippen molar-refractivity contribution in [3.05, 3.63) is 30.0 Å². The van der Waals surface area contributed by atoms with Crippen molar-refractivity contribution in [1.29, 1.82) is 0 Å². The van der Waals surface area contributed by atoms with Crippen LogP contribution in [0.4, 0.5) is 0 Å². The molecule has 2 N–H and O–H groups in total. The number of rotatable bonds is 6. The molecule has 1 heterocycles. The summed E-state index contributed by atoms with van der Waals surface area (Å²) >= 11 is 1.83. The largest absolute Gasteiger partial charge is 0.351 e. The van der Waals surface area contributed by atoms with Crippen LogP contribution in [0, 0.1) is 0 Å². The van der Waals surface area contributed by atoms with E-state index in [2.05, 4.69) is 21.8 Å². The molecule has 0 aliphatic heterocycles. The van der Waals surface area contributed by atoms with E-state index < -0.39 is 0 Å². The number of hydrogen-bond donors (Lipinski definition) is 2. The summed E-state index contributed by atoms with van der Waals surface area (Å²) in [5.74, 6) is 1.04. The van der Waals surface area contributed by atoms with E-state index in [-0.39, 0.29) is 5.91 Å². The predicted octanol–water partition coefficient (Wildman–Crippen LogP) is 2.44. The fourth-order valence-electron chi connectivity index (χ4n) is 1.79. The van der Waals surface area contributed by atoms with E-state index in [4.69, 9.17) is 0 Å². The van der Waals surface area contributed by atoms with Crippen molar-refractivity contribution in [3.8, 4) is 0 Å². The van der Waals surface area contributed by atoms with E-state index in [0.717, 1.165) is 29.5 Å². The van der Waals surface area contributed by atoms with Crippen molar-refractivity contribution in [2.75, 3.05) is 18.6 Å². The van der Waals surface area contributed by atoms with Crippen LogP contribution >= 0.6 is 11.8 Å². The number of hydrogen-bond acceptors (Lipinski definition) is 3. The van der Waals surface area contributed by atoms with E-state index in [9.17, 15) is 4.79 Å². The summed E-state index contributed by atoms with van der Waals surface area (Å²) in [5, 5.41) is 10.7. The number of carbonyl (C=O) groups is 1. The van der Waals surface area contributed by atoms with E-state index in [1.54, 1.807) is 0 Å². The molecule has 0 radical (unpaired) electrons. The van der Waals surface area contributed by atoms with Gasteiger partial charge in [0.05, 0.1) is 5.52 Å². The van der Waals surface area contributed by atoms with Gasteiger partial charge in [0.2, 0.25) is 0 Å². The summed E-state index contributed by atoms with van der Waals surface area (Å²) in [6, 6.07) is 7.65. The lowest BCUT2D eigenvalue weighted by molar-refractivity contribution is 0.0950. The SMILES string of the molecule is CSCCCCNC(=O)c1n[nH]c2ccccc12. The molecule has 5 heteroatoms. The Bertz CT molecular complexity index is 524. The van der Waals surface area contributed by atoms with Gasteiger partial charge in [0.25, 0.3) is 5.91 Å². The highest BCUT2D eigenvalue weighted by molar-refractivity contribution is 7.98. The first-order valence-corrected chi connectivity index (χ1v) is 7.42. The fraction of sp³-hybridized carbons (Fsp3) is 0.385. The highest BCUT2D eigenvalue weighted by Gasteiger charge is 2.12. The van der Waals surface area contributed by atoms with Crippen molar-refractivity contribution in [2.45, 2.75) is 12.8 Å². The third-order valence-corrected chi connectivity index (χ3v) is 3.44. The van der Waals surface area contributed by atoms with Crippen LogP contribution in [0.3, 0.4) is 0 Å². The number of nitrogens with one attached hydrogen (secondary N) is 2. The molecule has 2 rings (SSSR count). The topological polar surface area (TPSA) is 57.8 Å². The number of amides is 1. The Kier molecular flexibility index (Phi) is 4.64. The molecule has 1 amide bonds. The molecular formula is C13H17N3OS. The molecule has 1 aromatic carbocycles. The molecule has 0 saturated heterocycles. The zero-order valence-electron chi connectivity index (χ0n) is 10.4. The Labute approximate surface area is 111 Å². The quantitative estimate of drug-likeness (QED) is 0.787. The van der Waals surface area contributed by atoms with Gasteiger partial charge in [-0.15, -0.1) is 0 Å². The molecule has 4 nitrogen and oxygen atoms in total. The van der Waals surface area contributed by atoms with E-state index >= 15 is 0 Å². The lowest BCUT2D eigenvalue weighted by atomic mass is 10.2. The minimum Gasteiger partial charge on any atom is -0.351 e. The van der Waals surface area contributed by atoms with Crippen LogP contribution < -0.4 is 5.32 Å². The molecule has 0 atom stereocenters. The standard InChI is InChI=1S/C13H17N3OS/c1-18-9-5-4-8-14-13(17)12-10-6-2-3-7-11(10)15-16-12/h2-3,6-7H,4-5,8-9H2,1H3,(H,14,17)(H,15,16). The Balaban J connectivity index is 1.93. The Hall–Kier alpha value is -1.49. The smallest absolute Gasteiger partial charge is 0.272 e. The van der Waals surface area contributed by atoms with Gasteiger partial charge in [-0.2, -0.15) is 16.9 Å². The summed E-state index contributed by atoms with van der Waals surface area (Å²) in [7, 11) is 0. The average molecular weight is 263 g/mol. The molecule has 0 saturated carbocycles. The van der Waals surface area contributed by atoms with Crippen molar-refractivity contribution in [1.82, 2.24) is 15.5 Å². The molecule has 0 unspecified atom stereocenters. The number of aromatic amines is 1. The minimum absolute atomic E-state index is 0.100. The average Bonchev–Trinajstić information content (AvgIpc) is 2.82. The van der Waals surface area contributed by atoms with Gasteiger partial charge >= 0.3 is 0 Å². The van der Waals surface area contributed by atoms with Crippen LogP contribution in [0.5, 0.6) is 0 Å². The molecule has 0 aliphatic carbocycles. The van der Waals surface area contributed by atoms with Crippen molar-refractivity contribution in [3.63, 3.8) is 0 Å². The van der Waals surface area contributed by atoms with Gasteiger partial charge in [-0.1, -0.05) is 18.2 Å². The van der Waals surface area contributed by atoms with E-state index in [1.165, 1.54) is 0 Å². The molecule has 1 aromatic heterocycles. The van der Waals surface area contributed by atoms with Crippen molar-refractivity contribution in [2.24, 2.45) is 0 Å². The van der Waals surface area contributed by atoms with Gasteiger partial charge in [0.15, 0.2) is 5.69 Å². The molecule has 0 fully saturated rings. The molecule has 18 heavy (non-hydrogen) atoms. The predicted molar refractivity (Wildman–Crippen MR) is 76.0 cm³/mol. The van der Waals surface area contributed by atoms with Crippen LogP contribution in [-0.4, -0.2) is 34.7 Å². The molecule has 96 valence electrons. The third-order valence-electron chi connectivity index (χ3n) is 2.75. The maximum absolute atomic E-state index is 12.0. The van der Waals surface area contributed by atoms with Gasteiger partial charge in [-0.05, 0) is 30.9 Å². The van der Waals surface area contributed by atoms with Crippen LogP contribution in [0.2, 0.25) is 0 Å².